The molecule has 2 heterocycles. The van der Waals surface area contributed by atoms with Gasteiger partial charge in [0.2, 0.25) is 0 Å². The van der Waals surface area contributed by atoms with Crippen molar-refractivity contribution in [2.24, 2.45) is 0 Å². The van der Waals surface area contributed by atoms with Gasteiger partial charge < -0.3 is 9.30 Å². The van der Waals surface area contributed by atoms with Crippen molar-refractivity contribution >= 4 is 11.6 Å². The maximum Gasteiger partial charge on any atom is 0.183 e. The molecule has 1 aromatic carbocycles. The van der Waals surface area contributed by atoms with E-state index in [0.29, 0.717) is 17.4 Å². The zero-order valence-electron chi connectivity index (χ0n) is 13.3. The highest BCUT2D eigenvalue weighted by Gasteiger charge is 2.19. The molecule has 2 aromatic heterocycles. The van der Waals surface area contributed by atoms with Crippen LogP contribution >= 0.6 is 11.6 Å². The van der Waals surface area contributed by atoms with Crippen LogP contribution < -0.4 is 4.74 Å². The Morgan fingerprint density at radius 3 is 2.61 bits per heavy atom. The van der Waals surface area contributed by atoms with Gasteiger partial charge in [0.15, 0.2) is 5.82 Å². The highest BCUT2D eigenvalue weighted by atomic mass is 35.5. The molecular weight excluding hydrogens is 314 g/mol. The molecule has 0 bridgehead atoms. The lowest BCUT2D eigenvalue weighted by molar-refractivity contribution is 0.414. The third-order valence-corrected chi connectivity index (χ3v) is 4.15. The first kappa shape index (κ1) is 15.6. The van der Waals surface area contributed by atoms with Crippen LogP contribution in [0.3, 0.4) is 0 Å². The van der Waals surface area contributed by atoms with E-state index in [1.165, 1.54) is 0 Å². The summed E-state index contributed by atoms with van der Waals surface area (Å²) in [6, 6.07) is 7.92. The Bertz CT molecular complexity index is 806. The van der Waals surface area contributed by atoms with Gasteiger partial charge in [0.1, 0.15) is 17.8 Å². The van der Waals surface area contributed by atoms with Gasteiger partial charge in [-0.15, -0.1) is 10.2 Å². The van der Waals surface area contributed by atoms with Gasteiger partial charge in [-0.05, 0) is 31.5 Å². The number of hydrogen-bond acceptors (Lipinski definition) is 4. The van der Waals surface area contributed by atoms with Crippen molar-refractivity contribution < 1.29 is 4.74 Å². The molecule has 0 aliphatic carbocycles. The fourth-order valence-corrected chi connectivity index (χ4v) is 2.70. The van der Waals surface area contributed by atoms with Crippen LogP contribution in [0, 0.1) is 6.92 Å². The van der Waals surface area contributed by atoms with Gasteiger partial charge in [-0.25, -0.2) is 0 Å². The van der Waals surface area contributed by atoms with E-state index in [2.05, 4.69) is 15.3 Å². The summed E-state index contributed by atoms with van der Waals surface area (Å²) in [6.07, 6.45) is 1.71. The second kappa shape index (κ2) is 6.42. The molecule has 120 valence electrons. The number of methoxy groups -OCH3 is 1. The Kier molecular flexibility index (Phi) is 4.34. The first-order valence-corrected chi connectivity index (χ1v) is 7.75. The molecule has 0 unspecified atom stereocenters. The van der Waals surface area contributed by atoms with Crippen LogP contribution in [-0.2, 0) is 13.1 Å². The highest BCUT2D eigenvalue weighted by Crippen LogP contribution is 2.29. The van der Waals surface area contributed by atoms with Crippen LogP contribution in [-0.4, -0.2) is 31.7 Å². The minimum Gasteiger partial charge on any atom is -0.497 e. The molecule has 23 heavy (non-hydrogen) atoms. The van der Waals surface area contributed by atoms with Crippen molar-refractivity contribution in [1.29, 1.82) is 0 Å². The summed E-state index contributed by atoms with van der Waals surface area (Å²) in [5.74, 6) is 1.55. The standard InChI is InChI=1S/C16H18ClN5O/c1-4-22-15(14(17)11(2)20-22)16-19-18-10-21(16)9-12-5-7-13(23-3)8-6-12/h5-8,10H,4,9H2,1-3H3. The van der Waals surface area contributed by atoms with Crippen LogP contribution in [0.25, 0.3) is 11.5 Å². The molecule has 6 nitrogen and oxygen atoms in total. The number of nitrogens with zero attached hydrogens (tertiary/aromatic N) is 5. The molecule has 0 saturated heterocycles. The summed E-state index contributed by atoms with van der Waals surface area (Å²) < 4.78 is 9.01. The Morgan fingerprint density at radius 1 is 1.22 bits per heavy atom. The van der Waals surface area contributed by atoms with Gasteiger partial charge in [-0.3, -0.25) is 4.68 Å². The number of ether oxygens (including phenoxy) is 1. The summed E-state index contributed by atoms with van der Waals surface area (Å²) >= 11 is 6.42. The molecule has 0 atom stereocenters. The molecule has 3 rings (SSSR count). The normalized spacial score (nSPS) is 11.0. The molecule has 0 saturated carbocycles. The summed E-state index contributed by atoms with van der Waals surface area (Å²) in [7, 11) is 1.66. The fraction of sp³-hybridized carbons (Fsp3) is 0.312. The predicted octanol–water partition coefficient (Wildman–Crippen LogP) is 3.18. The van der Waals surface area contributed by atoms with Crippen LogP contribution in [0.4, 0.5) is 0 Å². The number of aromatic nitrogens is 5. The second-order valence-corrected chi connectivity index (χ2v) is 5.57. The van der Waals surface area contributed by atoms with Gasteiger partial charge in [0.25, 0.3) is 0 Å². The van der Waals surface area contributed by atoms with Crippen molar-refractivity contribution in [2.45, 2.75) is 26.9 Å². The molecule has 3 aromatic rings. The number of hydrogen-bond donors (Lipinski definition) is 0. The lowest BCUT2D eigenvalue weighted by atomic mass is 10.2. The Hall–Kier alpha value is -2.34. The van der Waals surface area contributed by atoms with Crippen LogP contribution in [0.2, 0.25) is 5.02 Å². The Balaban J connectivity index is 1.96. The van der Waals surface area contributed by atoms with Crippen molar-refractivity contribution in [3.8, 4) is 17.3 Å². The zero-order chi connectivity index (χ0) is 16.4. The molecule has 0 spiro atoms. The monoisotopic (exact) mass is 331 g/mol. The van der Waals surface area contributed by atoms with E-state index in [-0.39, 0.29) is 0 Å². The van der Waals surface area contributed by atoms with E-state index in [1.54, 1.807) is 13.4 Å². The largest absolute Gasteiger partial charge is 0.497 e. The summed E-state index contributed by atoms with van der Waals surface area (Å²) in [4.78, 5) is 0. The highest BCUT2D eigenvalue weighted by molar-refractivity contribution is 6.33. The maximum absolute atomic E-state index is 6.42. The topological polar surface area (TPSA) is 57.8 Å². The summed E-state index contributed by atoms with van der Waals surface area (Å²) in [5.41, 5.74) is 2.72. The van der Waals surface area contributed by atoms with Crippen molar-refractivity contribution in [2.75, 3.05) is 7.11 Å². The maximum atomic E-state index is 6.42. The van der Waals surface area contributed by atoms with E-state index in [0.717, 1.165) is 29.2 Å². The molecule has 0 N–H and O–H groups in total. The fourth-order valence-electron chi connectivity index (χ4n) is 2.48. The van der Waals surface area contributed by atoms with Gasteiger partial charge >= 0.3 is 0 Å². The molecule has 0 aliphatic rings. The van der Waals surface area contributed by atoms with Crippen LogP contribution in [0.1, 0.15) is 18.2 Å². The zero-order valence-corrected chi connectivity index (χ0v) is 14.1. The third-order valence-electron chi connectivity index (χ3n) is 3.69. The van der Waals surface area contributed by atoms with Crippen LogP contribution in [0.5, 0.6) is 5.75 Å². The van der Waals surface area contributed by atoms with E-state index in [1.807, 2.05) is 47.4 Å². The number of rotatable bonds is 5. The Labute approximate surface area is 139 Å². The number of benzene rings is 1. The third kappa shape index (κ3) is 2.94. The molecule has 0 aliphatic heterocycles. The van der Waals surface area contributed by atoms with E-state index in [4.69, 9.17) is 16.3 Å². The van der Waals surface area contributed by atoms with Crippen molar-refractivity contribution in [3.63, 3.8) is 0 Å². The lowest BCUT2D eigenvalue weighted by Gasteiger charge is -2.09. The number of halogens is 1. The van der Waals surface area contributed by atoms with Gasteiger partial charge in [0.05, 0.1) is 24.4 Å². The minimum absolute atomic E-state index is 0.621. The molecule has 0 fully saturated rings. The van der Waals surface area contributed by atoms with Gasteiger partial charge in [0, 0.05) is 6.54 Å². The van der Waals surface area contributed by atoms with Crippen LogP contribution in [0.15, 0.2) is 30.6 Å². The van der Waals surface area contributed by atoms with Gasteiger partial charge in [-0.1, -0.05) is 23.7 Å². The first-order chi connectivity index (χ1) is 11.1. The molecule has 0 radical (unpaired) electrons. The SMILES string of the molecule is CCn1nc(C)c(Cl)c1-c1nncn1Cc1ccc(OC)cc1. The lowest BCUT2D eigenvalue weighted by Crippen LogP contribution is -2.06. The minimum atomic E-state index is 0.621. The smallest absolute Gasteiger partial charge is 0.183 e. The second-order valence-electron chi connectivity index (χ2n) is 5.19. The summed E-state index contributed by atoms with van der Waals surface area (Å²) in [6.45, 7) is 5.29. The predicted molar refractivity (Wildman–Crippen MR) is 88.8 cm³/mol. The van der Waals surface area contributed by atoms with E-state index < -0.39 is 0 Å². The Morgan fingerprint density at radius 2 is 1.96 bits per heavy atom. The molecule has 7 heteroatoms. The molecular formula is C16H18ClN5O. The van der Waals surface area contributed by atoms with Gasteiger partial charge in [-0.2, -0.15) is 5.10 Å². The molecule has 0 amide bonds. The quantitative estimate of drug-likeness (QED) is 0.720. The average molecular weight is 332 g/mol. The van der Waals surface area contributed by atoms with E-state index >= 15 is 0 Å². The summed E-state index contributed by atoms with van der Waals surface area (Å²) in [5, 5.41) is 13.3. The number of aryl methyl sites for hydroxylation is 2. The first-order valence-electron chi connectivity index (χ1n) is 7.38. The van der Waals surface area contributed by atoms with E-state index in [9.17, 15) is 0 Å². The van der Waals surface area contributed by atoms with Crippen molar-refractivity contribution in [1.82, 2.24) is 24.5 Å². The van der Waals surface area contributed by atoms with Crippen molar-refractivity contribution in [3.05, 3.63) is 46.9 Å². The average Bonchev–Trinajstić information content (AvgIpc) is 3.12.